The Morgan fingerprint density at radius 1 is 1.64 bits per heavy atom. The molecule has 1 rings (SSSR count). The third kappa shape index (κ3) is 1.99. The van der Waals surface area contributed by atoms with Crippen LogP contribution in [0.3, 0.4) is 0 Å². The van der Waals surface area contributed by atoms with Gasteiger partial charge in [0.2, 0.25) is 0 Å². The van der Waals surface area contributed by atoms with Crippen LogP contribution in [0.4, 0.5) is 14.5 Å². The summed E-state index contributed by atoms with van der Waals surface area (Å²) < 4.78 is 24.7. The number of aromatic nitrogens is 1. The maximum atomic E-state index is 12.3. The molecule has 0 spiro atoms. The van der Waals surface area contributed by atoms with E-state index in [4.69, 9.17) is 11.0 Å². The molecule has 1 aromatic rings. The molecule has 0 saturated carbocycles. The third-order valence-electron chi connectivity index (χ3n) is 1.64. The third-order valence-corrected chi connectivity index (χ3v) is 2.48. The Balaban J connectivity index is 3.20. The van der Waals surface area contributed by atoms with Crippen LogP contribution in [0.2, 0.25) is 0 Å². The zero-order valence-electron chi connectivity index (χ0n) is 6.97. The summed E-state index contributed by atoms with van der Waals surface area (Å²) in [4.78, 5) is 3.53. The van der Waals surface area contributed by atoms with E-state index in [1.807, 2.05) is 6.07 Å². The molecule has 0 unspecified atom stereocenters. The van der Waals surface area contributed by atoms with Gasteiger partial charge in [-0.15, -0.1) is 0 Å². The van der Waals surface area contributed by atoms with Crippen molar-refractivity contribution in [2.24, 2.45) is 0 Å². The lowest BCUT2D eigenvalue weighted by atomic mass is 10.1. The van der Waals surface area contributed by atoms with Crippen LogP contribution in [0.25, 0.3) is 0 Å². The van der Waals surface area contributed by atoms with Crippen LogP contribution in [0.15, 0.2) is 10.7 Å². The first-order valence-electron chi connectivity index (χ1n) is 3.65. The summed E-state index contributed by atoms with van der Waals surface area (Å²) in [6.45, 7) is 0. The van der Waals surface area contributed by atoms with Crippen LogP contribution in [-0.4, -0.2) is 4.98 Å². The Hall–Kier alpha value is -1.22. The lowest BCUT2D eigenvalue weighted by molar-refractivity contribution is 0.145. The first kappa shape index (κ1) is 10.9. The zero-order valence-corrected chi connectivity index (χ0v) is 8.55. The molecule has 0 radical (unpaired) electrons. The number of alkyl halides is 2. The molecule has 0 aliphatic rings. The lowest BCUT2D eigenvalue weighted by Crippen LogP contribution is -2.01. The fraction of sp³-hybridized carbons (Fsp3) is 0.250. The highest BCUT2D eigenvalue weighted by Gasteiger charge is 2.17. The number of halogens is 3. The number of rotatable bonds is 2. The lowest BCUT2D eigenvalue weighted by Gasteiger charge is -2.07. The van der Waals surface area contributed by atoms with E-state index in [1.165, 1.54) is 6.20 Å². The van der Waals surface area contributed by atoms with Gasteiger partial charge >= 0.3 is 0 Å². The van der Waals surface area contributed by atoms with Crippen LogP contribution in [-0.2, 0) is 6.42 Å². The van der Waals surface area contributed by atoms with Gasteiger partial charge < -0.3 is 5.73 Å². The molecule has 1 heterocycles. The second-order valence-electron chi connectivity index (χ2n) is 2.53. The molecule has 0 aliphatic heterocycles. The van der Waals surface area contributed by atoms with Crippen LogP contribution >= 0.6 is 15.9 Å². The van der Waals surface area contributed by atoms with Gasteiger partial charge in [-0.2, -0.15) is 5.26 Å². The fourth-order valence-corrected chi connectivity index (χ4v) is 1.46. The van der Waals surface area contributed by atoms with Gasteiger partial charge in [0.15, 0.2) is 0 Å². The van der Waals surface area contributed by atoms with Crippen LogP contribution in [0.1, 0.15) is 17.7 Å². The largest absolute Gasteiger partial charge is 0.397 e. The van der Waals surface area contributed by atoms with Crippen molar-refractivity contribution < 1.29 is 8.78 Å². The highest BCUT2D eigenvalue weighted by molar-refractivity contribution is 9.10. The van der Waals surface area contributed by atoms with E-state index in [1.54, 1.807) is 0 Å². The minimum absolute atomic E-state index is 0.0565. The summed E-state index contributed by atoms with van der Waals surface area (Å²) in [6.07, 6.45) is -1.42. The van der Waals surface area contributed by atoms with Crippen LogP contribution in [0.5, 0.6) is 0 Å². The van der Waals surface area contributed by atoms with E-state index in [2.05, 4.69) is 20.9 Å². The molecule has 0 aliphatic carbocycles. The number of pyridine rings is 1. The maximum absolute atomic E-state index is 12.3. The summed E-state index contributed by atoms with van der Waals surface area (Å²) in [6, 6.07) is 1.87. The minimum atomic E-state index is -2.68. The van der Waals surface area contributed by atoms with E-state index < -0.39 is 12.1 Å². The highest BCUT2D eigenvalue weighted by atomic mass is 79.9. The SMILES string of the molecule is N#CCc1cnc(C(F)F)c(Br)c1N. The molecular formula is C8H6BrF2N3. The number of hydrogen-bond donors (Lipinski definition) is 1. The molecule has 1 aromatic heterocycles. The molecule has 0 saturated heterocycles. The summed E-state index contributed by atoms with van der Waals surface area (Å²) in [7, 11) is 0. The second kappa shape index (κ2) is 4.33. The van der Waals surface area contributed by atoms with E-state index in [9.17, 15) is 8.78 Å². The van der Waals surface area contributed by atoms with Crippen molar-refractivity contribution in [3.05, 3.63) is 21.9 Å². The average molecular weight is 262 g/mol. The number of nitriles is 1. The predicted octanol–water partition coefficient (Wildman–Crippen LogP) is 2.43. The van der Waals surface area contributed by atoms with Gasteiger partial charge in [0.1, 0.15) is 5.69 Å². The molecule has 74 valence electrons. The summed E-state index contributed by atoms with van der Waals surface area (Å²) in [5.74, 6) is 0. The van der Waals surface area contributed by atoms with Crippen LogP contribution < -0.4 is 5.73 Å². The number of nitrogens with zero attached hydrogens (tertiary/aromatic N) is 2. The first-order valence-corrected chi connectivity index (χ1v) is 4.45. The summed E-state index contributed by atoms with van der Waals surface area (Å²) in [5, 5.41) is 8.42. The normalized spacial score (nSPS) is 10.2. The highest BCUT2D eigenvalue weighted by Crippen LogP contribution is 2.31. The molecule has 0 bridgehead atoms. The number of anilines is 1. The quantitative estimate of drug-likeness (QED) is 0.890. The minimum Gasteiger partial charge on any atom is -0.397 e. The topological polar surface area (TPSA) is 62.7 Å². The summed E-state index contributed by atoms with van der Waals surface area (Å²) >= 11 is 2.92. The Bertz CT molecular complexity index is 387. The van der Waals surface area contributed by atoms with Gasteiger partial charge in [-0.3, -0.25) is 4.98 Å². The molecule has 0 amide bonds. The predicted molar refractivity (Wildman–Crippen MR) is 50.6 cm³/mol. The van der Waals surface area contributed by atoms with Gasteiger partial charge in [-0.1, -0.05) is 0 Å². The summed E-state index contributed by atoms with van der Waals surface area (Å²) in [5.41, 5.74) is 5.73. The smallest absolute Gasteiger partial charge is 0.281 e. The van der Waals surface area contributed by atoms with Crippen molar-refractivity contribution in [3.8, 4) is 6.07 Å². The van der Waals surface area contributed by atoms with Crippen LogP contribution in [0, 0.1) is 11.3 Å². The number of nitrogen functional groups attached to an aromatic ring is 1. The second-order valence-corrected chi connectivity index (χ2v) is 3.32. The Kier molecular flexibility index (Phi) is 3.36. The number of hydrogen-bond acceptors (Lipinski definition) is 3. The molecule has 14 heavy (non-hydrogen) atoms. The van der Waals surface area contributed by atoms with Gasteiger partial charge in [-0.05, 0) is 15.9 Å². The molecular weight excluding hydrogens is 256 g/mol. The van der Waals surface area contributed by atoms with Crippen molar-refractivity contribution >= 4 is 21.6 Å². The van der Waals surface area contributed by atoms with Gasteiger partial charge in [-0.25, -0.2) is 8.78 Å². The van der Waals surface area contributed by atoms with Gasteiger partial charge in [0.05, 0.1) is 22.7 Å². The molecule has 0 atom stereocenters. The number of nitrogens with two attached hydrogens (primary N) is 1. The Morgan fingerprint density at radius 3 is 2.79 bits per heavy atom. The first-order chi connectivity index (χ1) is 6.57. The van der Waals surface area contributed by atoms with E-state index in [0.29, 0.717) is 5.56 Å². The molecule has 2 N–H and O–H groups in total. The van der Waals surface area contributed by atoms with E-state index >= 15 is 0 Å². The standard InChI is InChI=1S/C8H6BrF2N3/c9-5-6(13)4(1-2-12)3-14-7(5)8(10)11/h3,8H,1H2,(H2,13,14). The van der Waals surface area contributed by atoms with Crippen molar-refractivity contribution in [2.45, 2.75) is 12.8 Å². The zero-order chi connectivity index (χ0) is 10.7. The monoisotopic (exact) mass is 261 g/mol. The molecule has 3 nitrogen and oxygen atoms in total. The van der Waals surface area contributed by atoms with E-state index in [-0.39, 0.29) is 16.6 Å². The van der Waals surface area contributed by atoms with Gasteiger partial charge in [0.25, 0.3) is 6.43 Å². The molecule has 6 heteroatoms. The van der Waals surface area contributed by atoms with Crippen molar-refractivity contribution in [2.75, 3.05) is 5.73 Å². The fourth-order valence-electron chi connectivity index (χ4n) is 0.931. The van der Waals surface area contributed by atoms with Gasteiger partial charge in [0, 0.05) is 11.8 Å². The van der Waals surface area contributed by atoms with Crippen molar-refractivity contribution in [1.82, 2.24) is 4.98 Å². The average Bonchev–Trinajstić information content (AvgIpc) is 2.13. The maximum Gasteiger partial charge on any atom is 0.281 e. The van der Waals surface area contributed by atoms with Crippen molar-refractivity contribution in [1.29, 1.82) is 5.26 Å². The Morgan fingerprint density at radius 2 is 2.29 bits per heavy atom. The van der Waals surface area contributed by atoms with E-state index in [0.717, 1.165) is 0 Å². The molecule has 0 aromatic carbocycles. The Labute approximate surface area is 87.7 Å². The molecule has 0 fully saturated rings. The van der Waals surface area contributed by atoms with Crippen molar-refractivity contribution in [3.63, 3.8) is 0 Å².